The van der Waals surface area contributed by atoms with E-state index in [1.165, 1.54) is 25.1 Å². The standard InChI is InChI=1S/C33H38ClFN3O2P/c1-6-38-28-15-13-24(34)18-27(28)37-31(38)32(3,4)40-29-16-14-25(19-30(29)41)36-26(22-9-10-22)17-21-7-11-23(12-8-21)33(5,35)20(2)39/h7-8,11-16,18-20,36,39H,6,9-10,17,41H2,1-5H3. The van der Waals surface area contributed by atoms with Gasteiger partial charge in [-0.15, -0.1) is 9.24 Å². The maximum atomic E-state index is 14.8. The Labute approximate surface area is 249 Å². The summed E-state index contributed by atoms with van der Waals surface area (Å²) in [5, 5.41) is 15.0. The number of imidazole rings is 1. The van der Waals surface area contributed by atoms with E-state index in [9.17, 15) is 9.50 Å². The number of aliphatic hydroxyl groups is 1. The van der Waals surface area contributed by atoms with Gasteiger partial charge in [-0.1, -0.05) is 35.9 Å². The number of benzene rings is 3. The Morgan fingerprint density at radius 1 is 1.12 bits per heavy atom. The zero-order valence-electron chi connectivity index (χ0n) is 24.3. The highest BCUT2D eigenvalue weighted by Crippen LogP contribution is 2.36. The quantitative estimate of drug-likeness (QED) is 0.184. The van der Waals surface area contributed by atoms with Crippen LogP contribution in [0.15, 0.2) is 71.9 Å². The minimum absolute atomic E-state index is 0.481. The lowest BCUT2D eigenvalue weighted by Gasteiger charge is -2.27. The van der Waals surface area contributed by atoms with Crippen LogP contribution in [0.25, 0.3) is 11.0 Å². The maximum absolute atomic E-state index is 14.8. The molecule has 0 aliphatic heterocycles. The molecule has 0 radical (unpaired) electrons. The average Bonchev–Trinajstić information content (AvgIpc) is 3.70. The number of halogens is 2. The van der Waals surface area contributed by atoms with Crippen molar-refractivity contribution >= 4 is 42.9 Å². The molecule has 1 fully saturated rings. The van der Waals surface area contributed by atoms with Gasteiger partial charge >= 0.3 is 0 Å². The molecule has 1 aliphatic carbocycles. The van der Waals surface area contributed by atoms with Crippen molar-refractivity contribution in [3.05, 3.63) is 93.9 Å². The number of rotatable bonds is 10. The third kappa shape index (κ3) is 6.30. The first-order chi connectivity index (χ1) is 19.4. The first kappa shape index (κ1) is 29.6. The molecule has 216 valence electrons. The Hall–Kier alpha value is -2.92. The first-order valence-electron chi connectivity index (χ1n) is 14.1. The Balaban J connectivity index is 1.32. The second kappa shape index (κ2) is 11.4. The van der Waals surface area contributed by atoms with Gasteiger partial charge in [0, 0.05) is 34.7 Å². The van der Waals surface area contributed by atoms with Crippen LogP contribution in [0.5, 0.6) is 5.75 Å². The van der Waals surface area contributed by atoms with Gasteiger partial charge in [-0.05, 0) is 101 Å². The molecule has 4 aromatic rings. The third-order valence-electron chi connectivity index (χ3n) is 7.85. The number of aromatic nitrogens is 2. The lowest BCUT2D eigenvalue weighted by molar-refractivity contribution is 0.0135. The number of fused-ring (bicyclic) bond motifs is 1. The molecule has 1 aliphatic rings. The summed E-state index contributed by atoms with van der Waals surface area (Å²) in [7, 11) is 2.79. The van der Waals surface area contributed by atoms with Crippen molar-refractivity contribution in [2.24, 2.45) is 0 Å². The number of aliphatic hydroxyl groups excluding tert-OH is 1. The van der Waals surface area contributed by atoms with Gasteiger partial charge in [0.05, 0.1) is 17.1 Å². The topological polar surface area (TPSA) is 59.3 Å². The van der Waals surface area contributed by atoms with Crippen molar-refractivity contribution < 1.29 is 14.2 Å². The molecule has 0 bridgehead atoms. The van der Waals surface area contributed by atoms with Gasteiger partial charge in [-0.2, -0.15) is 0 Å². The lowest BCUT2D eigenvalue weighted by atomic mass is 9.92. The van der Waals surface area contributed by atoms with E-state index >= 15 is 0 Å². The van der Waals surface area contributed by atoms with Crippen LogP contribution in [0.4, 0.5) is 10.1 Å². The number of anilines is 1. The summed E-state index contributed by atoms with van der Waals surface area (Å²) in [6, 6.07) is 19.3. The van der Waals surface area contributed by atoms with Crippen LogP contribution in [0.3, 0.4) is 0 Å². The van der Waals surface area contributed by atoms with Gasteiger partial charge in [0.15, 0.2) is 17.1 Å². The number of nitrogens with one attached hydrogen (secondary N) is 1. The lowest BCUT2D eigenvalue weighted by Crippen LogP contribution is -2.30. The van der Waals surface area contributed by atoms with E-state index in [0.717, 1.165) is 65.0 Å². The van der Waals surface area contributed by atoms with Crippen LogP contribution in [0.2, 0.25) is 5.02 Å². The number of aryl methyl sites for hydroxylation is 1. The molecule has 41 heavy (non-hydrogen) atoms. The molecule has 1 heterocycles. The van der Waals surface area contributed by atoms with E-state index in [4.69, 9.17) is 21.3 Å². The number of hydrogen-bond donors (Lipinski definition) is 2. The van der Waals surface area contributed by atoms with Crippen LogP contribution in [-0.4, -0.2) is 20.8 Å². The third-order valence-corrected chi connectivity index (χ3v) is 8.53. The molecule has 3 unspecified atom stereocenters. The summed E-state index contributed by atoms with van der Waals surface area (Å²) in [6.45, 7) is 9.83. The molecular formula is C33H38ClFN3O2P. The zero-order chi connectivity index (χ0) is 29.5. The molecule has 0 spiro atoms. The highest BCUT2D eigenvalue weighted by Gasteiger charge is 2.32. The maximum Gasteiger partial charge on any atom is 0.161 e. The smallest absolute Gasteiger partial charge is 0.161 e. The fourth-order valence-corrected chi connectivity index (χ4v) is 5.61. The van der Waals surface area contributed by atoms with E-state index in [2.05, 4.69) is 32.1 Å². The minimum atomic E-state index is -1.78. The van der Waals surface area contributed by atoms with Crippen molar-refractivity contribution in [1.29, 1.82) is 0 Å². The second-order valence-electron chi connectivity index (χ2n) is 11.5. The van der Waals surface area contributed by atoms with Gasteiger partial charge in [-0.3, -0.25) is 0 Å². The van der Waals surface area contributed by atoms with Crippen LogP contribution >= 0.6 is 20.8 Å². The predicted octanol–water partition coefficient (Wildman–Crippen LogP) is 7.79. The fourth-order valence-electron chi connectivity index (χ4n) is 5.11. The van der Waals surface area contributed by atoms with Crippen LogP contribution in [0.1, 0.15) is 64.4 Å². The molecular weight excluding hydrogens is 556 g/mol. The van der Waals surface area contributed by atoms with E-state index in [-0.39, 0.29) is 0 Å². The summed E-state index contributed by atoms with van der Waals surface area (Å²) in [4.78, 5) is 4.89. The monoisotopic (exact) mass is 593 g/mol. The molecule has 0 amide bonds. The predicted molar refractivity (Wildman–Crippen MR) is 170 cm³/mol. The molecule has 2 N–H and O–H groups in total. The summed E-state index contributed by atoms with van der Waals surface area (Å²) >= 11 is 6.23. The van der Waals surface area contributed by atoms with Gasteiger partial charge < -0.3 is 19.7 Å². The Morgan fingerprint density at radius 3 is 2.44 bits per heavy atom. The fraction of sp³-hybridized carbons (Fsp3) is 0.364. The summed E-state index contributed by atoms with van der Waals surface area (Å²) in [5.41, 5.74) is 4.55. The van der Waals surface area contributed by atoms with Crippen molar-refractivity contribution in [2.45, 2.75) is 77.8 Å². The number of hydrogen-bond acceptors (Lipinski definition) is 4. The molecule has 3 atom stereocenters. The largest absolute Gasteiger partial charge is 0.479 e. The summed E-state index contributed by atoms with van der Waals surface area (Å²) < 4.78 is 23.6. The first-order valence-corrected chi connectivity index (χ1v) is 15.0. The Morgan fingerprint density at radius 2 is 1.83 bits per heavy atom. The normalized spacial score (nSPS) is 15.5. The molecule has 3 aromatic carbocycles. The molecule has 8 heteroatoms. The van der Waals surface area contributed by atoms with E-state index in [0.29, 0.717) is 10.6 Å². The Kier molecular flexibility index (Phi) is 8.22. The van der Waals surface area contributed by atoms with Gasteiger partial charge in [-0.25, -0.2) is 9.37 Å². The van der Waals surface area contributed by atoms with Gasteiger partial charge in [0.2, 0.25) is 0 Å². The zero-order valence-corrected chi connectivity index (χ0v) is 26.2. The molecule has 0 saturated heterocycles. The van der Waals surface area contributed by atoms with Crippen LogP contribution in [-0.2, 0) is 24.2 Å². The number of alkyl halides is 1. The van der Waals surface area contributed by atoms with Crippen molar-refractivity contribution in [2.75, 3.05) is 5.32 Å². The summed E-state index contributed by atoms with van der Waals surface area (Å²) in [5.74, 6) is 1.61. The molecule has 5 rings (SSSR count). The minimum Gasteiger partial charge on any atom is -0.479 e. The van der Waals surface area contributed by atoms with E-state index < -0.39 is 17.4 Å². The average molecular weight is 594 g/mol. The van der Waals surface area contributed by atoms with Crippen LogP contribution < -0.4 is 15.4 Å². The number of ether oxygens (including phenoxy) is 1. The highest BCUT2D eigenvalue weighted by atomic mass is 35.5. The van der Waals surface area contributed by atoms with E-state index in [1.807, 2.05) is 56.3 Å². The van der Waals surface area contributed by atoms with Crippen LogP contribution in [0, 0.1) is 0 Å². The Bertz CT molecular complexity index is 1600. The van der Waals surface area contributed by atoms with Crippen molar-refractivity contribution in [1.82, 2.24) is 9.55 Å². The number of allylic oxidation sites excluding steroid dienone is 2. The SMILES string of the molecule is CCn1c(C(C)(C)Oc2ccc(NC(Cc3ccc(C(C)(F)C(C)O)cc3)=C3CC3)cc2P)nc2cc(Cl)ccc21. The molecule has 1 aromatic heterocycles. The highest BCUT2D eigenvalue weighted by molar-refractivity contribution is 7.27. The van der Waals surface area contributed by atoms with Crippen molar-refractivity contribution in [3.63, 3.8) is 0 Å². The van der Waals surface area contributed by atoms with E-state index in [1.54, 1.807) is 12.1 Å². The molecule has 5 nitrogen and oxygen atoms in total. The second-order valence-corrected chi connectivity index (χ2v) is 12.6. The van der Waals surface area contributed by atoms with Gasteiger partial charge in [0.1, 0.15) is 5.75 Å². The summed E-state index contributed by atoms with van der Waals surface area (Å²) in [6.07, 6.45) is 1.81. The van der Waals surface area contributed by atoms with Gasteiger partial charge in [0.25, 0.3) is 0 Å². The number of nitrogens with zero attached hydrogens (tertiary/aromatic N) is 2. The van der Waals surface area contributed by atoms with Crippen molar-refractivity contribution in [3.8, 4) is 5.75 Å². The molecule has 1 saturated carbocycles.